The van der Waals surface area contributed by atoms with Crippen LogP contribution in [0.5, 0.6) is 0 Å². The molecule has 0 aromatic heterocycles. The molecule has 2 nitrogen and oxygen atoms in total. The molecule has 1 atom stereocenters. The lowest BCUT2D eigenvalue weighted by atomic mass is 10.0. The Morgan fingerprint density at radius 2 is 2.21 bits per heavy atom. The lowest BCUT2D eigenvalue weighted by Crippen LogP contribution is -2.28. The average molecular weight is 255 g/mol. The molecule has 0 saturated heterocycles. The zero-order valence-corrected chi connectivity index (χ0v) is 9.84. The summed E-state index contributed by atoms with van der Waals surface area (Å²) < 4.78 is 1.07. The Hall–Kier alpha value is -0.640. The maximum atomic E-state index is 5.51. The van der Waals surface area contributed by atoms with Gasteiger partial charge in [0.05, 0.1) is 6.04 Å². The van der Waals surface area contributed by atoms with Crippen molar-refractivity contribution in [3.63, 3.8) is 0 Å². The van der Waals surface area contributed by atoms with Crippen molar-refractivity contribution in [2.45, 2.75) is 19.4 Å². The van der Waals surface area contributed by atoms with Crippen molar-refractivity contribution >= 4 is 15.9 Å². The van der Waals surface area contributed by atoms with Gasteiger partial charge in [-0.2, -0.15) is 0 Å². The Morgan fingerprint density at radius 3 is 2.71 bits per heavy atom. The summed E-state index contributed by atoms with van der Waals surface area (Å²) in [6.07, 6.45) is 0.846. The molecule has 0 amide bonds. The number of hydrazine groups is 1. The highest BCUT2D eigenvalue weighted by Gasteiger charge is 2.11. The quantitative estimate of drug-likeness (QED) is 0.493. The van der Waals surface area contributed by atoms with E-state index in [4.69, 9.17) is 5.84 Å². The third-order valence-electron chi connectivity index (χ3n) is 2.03. The third kappa shape index (κ3) is 2.94. The molecular formula is C11H15BrN2. The summed E-state index contributed by atoms with van der Waals surface area (Å²) in [4.78, 5) is 0. The van der Waals surface area contributed by atoms with Gasteiger partial charge in [0.25, 0.3) is 0 Å². The largest absolute Gasteiger partial charge is 0.271 e. The van der Waals surface area contributed by atoms with E-state index >= 15 is 0 Å². The minimum absolute atomic E-state index is 0.128. The molecule has 0 saturated carbocycles. The number of hydrogen-bond donors (Lipinski definition) is 2. The lowest BCUT2D eigenvalue weighted by Gasteiger charge is -2.17. The van der Waals surface area contributed by atoms with Crippen LogP contribution in [-0.2, 0) is 0 Å². The minimum atomic E-state index is 0.128. The molecule has 1 aromatic carbocycles. The summed E-state index contributed by atoms with van der Waals surface area (Å²) in [5.74, 6) is 5.51. The predicted octanol–water partition coefficient (Wildman–Crippen LogP) is 2.92. The number of nitrogens with one attached hydrogen (secondary N) is 1. The van der Waals surface area contributed by atoms with E-state index in [1.54, 1.807) is 0 Å². The predicted molar refractivity (Wildman–Crippen MR) is 63.6 cm³/mol. The molecule has 3 N–H and O–H groups in total. The summed E-state index contributed by atoms with van der Waals surface area (Å²) in [6, 6.07) is 8.18. The molecule has 1 unspecified atom stereocenters. The van der Waals surface area contributed by atoms with Gasteiger partial charge in [-0.25, -0.2) is 0 Å². The average Bonchev–Trinajstić information content (AvgIpc) is 2.15. The molecule has 0 radical (unpaired) electrons. The van der Waals surface area contributed by atoms with Crippen molar-refractivity contribution in [3.8, 4) is 0 Å². The van der Waals surface area contributed by atoms with E-state index in [2.05, 4.69) is 34.0 Å². The summed E-state index contributed by atoms with van der Waals surface area (Å²) in [5, 5.41) is 0. The van der Waals surface area contributed by atoms with E-state index < -0.39 is 0 Å². The first-order chi connectivity index (χ1) is 6.65. The Balaban J connectivity index is 2.89. The molecule has 0 heterocycles. The van der Waals surface area contributed by atoms with E-state index in [9.17, 15) is 0 Å². The molecular weight excluding hydrogens is 240 g/mol. The van der Waals surface area contributed by atoms with Crippen molar-refractivity contribution in [1.29, 1.82) is 0 Å². The molecule has 0 spiro atoms. The van der Waals surface area contributed by atoms with Crippen molar-refractivity contribution in [3.05, 3.63) is 46.5 Å². The molecule has 0 fully saturated rings. The van der Waals surface area contributed by atoms with Crippen LogP contribution >= 0.6 is 15.9 Å². The summed E-state index contributed by atoms with van der Waals surface area (Å²) in [7, 11) is 0. The highest BCUT2D eigenvalue weighted by Crippen LogP contribution is 2.26. The van der Waals surface area contributed by atoms with Crippen LogP contribution in [0.25, 0.3) is 0 Å². The number of halogens is 1. The smallest absolute Gasteiger partial charge is 0.0508 e. The molecule has 14 heavy (non-hydrogen) atoms. The van der Waals surface area contributed by atoms with E-state index in [0.717, 1.165) is 22.0 Å². The fourth-order valence-electron chi connectivity index (χ4n) is 1.36. The first kappa shape index (κ1) is 11.4. The Morgan fingerprint density at radius 1 is 1.57 bits per heavy atom. The Kier molecular flexibility index (Phi) is 4.32. The molecule has 3 heteroatoms. The maximum Gasteiger partial charge on any atom is 0.0508 e. The standard InChI is InChI=1S/C11H15BrN2/c1-8(2)7-11(14-13)9-5-3-4-6-10(9)12/h3-6,11,14H,1,7,13H2,2H3. The van der Waals surface area contributed by atoms with E-state index in [-0.39, 0.29) is 6.04 Å². The Labute approximate surface area is 93.3 Å². The second-order valence-corrected chi connectivity index (χ2v) is 4.26. The molecule has 76 valence electrons. The Bertz CT molecular complexity index is 323. The van der Waals surface area contributed by atoms with Crippen LogP contribution in [0.1, 0.15) is 24.9 Å². The van der Waals surface area contributed by atoms with Crippen LogP contribution < -0.4 is 11.3 Å². The maximum absolute atomic E-state index is 5.51. The fourth-order valence-corrected chi connectivity index (χ4v) is 1.93. The zero-order valence-electron chi connectivity index (χ0n) is 8.26. The van der Waals surface area contributed by atoms with E-state index in [1.165, 1.54) is 0 Å². The number of benzene rings is 1. The monoisotopic (exact) mass is 254 g/mol. The minimum Gasteiger partial charge on any atom is -0.271 e. The fraction of sp³-hybridized carbons (Fsp3) is 0.273. The first-order valence-electron chi connectivity index (χ1n) is 4.50. The van der Waals surface area contributed by atoms with Crippen molar-refractivity contribution < 1.29 is 0 Å². The van der Waals surface area contributed by atoms with Crippen LogP contribution in [0.3, 0.4) is 0 Å². The van der Waals surface area contributed by atoms with E-state index in [1.807, 2.05) is 25.1 Å². The molecule has 0 bridgehead atoms. The van der Waals surface area contributed by atoms with Crippen LogP contribution in [0, 0.1) is 0 Å². The number of rotatable bonds is 4. The van der Waals surface area contributed by atoms with Gasteiger partial charge in [0.15, 0.2) is 0 Å². The van der Waals surface area contributed by atoms with Crippen LogP contribution in [-0.4, -0.2) is 0 Å². The highest BCUT2D eigenvalue weighted by atomic mass is 79.9. The van der Waals surface area contributed by atoms with Crippen molar-refractivity contribution in [1.82, 2.24) is 5.43 Å². The summed E-state index contributed by atoms with van der Waals surface area (Å²) >= 11 is 3.50. The van der Waals surface area contributed by atoms with Gasteiger partial charge in [-0.1, -0.05) is 39.7 Å². The third-order valence-corrected chi connectivity index (χ3v) is 2.76. The first-order valence-corrected chi connectivity index (χ1v) is 5.29. The molecule has 0 aliphatic carbocycles. The van der Waals surface area contributed by atoms with Gasteiger partial charge in [0.2, 0.25) is 0 Å². The topological polar surface area (TPSA) is 38.0 Å². The van der Waals surface area contributed by atoms with Crippen molar-refractivity contribution in [2.75, 3.05) is 0 Å². The van der Waals surface area contributed by atoms with Crippen molar-refractivity contribution in [2.24, 2.45) is 5.84 Å². The molecule has 0 aliphatic heterocycles. The van der Waals surface area contributed by atoms with Gasteiger partial charge < -0.3 is 0 Å². The van der Waals surface area contributed by atoms with Gasteiger partial charge in [0.1, 0.15) is 0 Å². The van der Waals surface area contributed by atoms with Gasteiger partial charge in [-0.05, 0) is 25.0 Å². The van der Waals surface area contributed by atoms with Gasteiger partial charge in [0, 0.05) is 4.47 Å². The molecule has 0 aliphatic rings. The van der Waals surface area contributed by atoms with Crippen LogP contribution in [0.2, 0.25) is 0 Å². The number of hydrogen-bond acceptors (Lipinski definition) is 2. The second-order valence-electron chi connectivity index (χ2n) is 3.40. The number of nitrogens with two attached hydrogens (primary N) is 1. The molecule has 1 rings (SSSR count). The van der Waals surface area contributed by atoms with Gasteiger partial charge in [-0.3, -0.25) is 11.3 Å². The summed E-state index contributed by atoms with van der Waals surface area (Å²) in [5.41, 5.74) is 5.08. The normalized spacial score (nSPS) is 12.5. The highest BCUT2D eigenvalue weighted by molar-refractivity contribution is 9.10. The second kappa shape index (κ2) is 5.29. The van der Waals surface area contributed by atoms with Gasteiger partial charge in [-0.15, -0.1) is 6.58 Å². The van der Waals surface area contributed by atoms with E-state index in [0.29, 0.717) is 0 Å². The molecule has 1 aromatic rings. The SMILES string of the molecule is C=C(C)CC(NN)c1ccccc1Br. The van der Waals surface area contributed by atoms with Crippen LogP contribution in [0.15, 0.2) is 40.9 Å². The zero-order chi connectivity index (χ0) is 10.6. The van der Waals surface area contributed by atoms with Crippen LogP contribution in [0.4, 0.5) is 0 Å². The summed E-state index contributed by atoms with van der Waals surface area (Å²) in [6.45, 7) is 5.89. The lowest BCUT2D eigenvalue weighted by molar-refractivity contribution is 0.548. The van der Waals surface area contributed by atoms with Gasteiger partial charge >= 0.3 is 0 Å².